The molecule has 1 aromatic carbocycles. The average molecular weight is 390 g/mol. The molecule has 4 aromatic rings. The second-order valence-electron chi connectivity index (χ2n) is 7.66. The summed E-state index contributed by atoms with van der Waals surface area (Å²) in [5, 5.41) is 8.44. The van der Waals surface area contributed by atoms with Gasteiger partial charge in [0.25, 0.3) is 5.91 Å². The van der Waals surface area contributed by atoms with Crippen LogP contribution in [0, 0.1) is 13.8 Å². The molecule has 1 amide bonds. The van der Waals surface area contributed by atoms with Gasteiger partial charge in [-0.05, 0) is 52.3 Å². The Morgan fingerprint density at radius 1 is 1.17 bits per heavy atom. The third kappa shape index (κ3) is 3.26. The van der Waals surface area contributed by atoms with Gasteiger partial charge in [0.1, 0.15) is 0 Å². The number of rotatable bonds is 5. The number of aryl methyl sites for hydroxylation is 3. The molecule has 0 spiro atoms. The van der Waals surface area contributed by atoms with Crippen LogP contribution >= 0.6 is 0 Å². The Hall–Kier alpha value is -3.22. The second kappa shape index (κ2) is 7.31. The Kier molecular flexibility index (Phi) is 4.82. The summed E-state index contributed by atoms with van der Waals surface area (Å²) < 4.78 is 3.93. The monoisotopic (exact) mass is 390 g/mol. The molecule has 3 aromatic heterocycles. The number of carbonyl (C=O) groups excluding carboxylic acids is 1. The van der Waals surface area contributed by atoms with Gasteiger partial charge in [0, 0.05) is 18.3 Å². The summed E-state index contributed by atoms with van der Waals surface area (Å²) >= 11 is 0. The Balaban J connectivity index is 1.81. The van der Waals surface area contributed by atoms with E-state index < -0.39 is 0 Å². The number of carbonyl (C=O) groups is 1. The number of benzene rings is 1. The highest BCUT2D eigenvalue weighted by molar-refractivity contribution is 6.12. The SMILES string of the molecule is CCCn1c(NC(=O)c2cc(C)nc3c2c(C)nn3C(C)C)nc2ccccc21. The van der Waals surface area contributed by atoms with Crippen LogP contribution in [0.5, 0.6) is 0 Å². The summed E-state index contributed by atoms with van der Waals surface area (Å²) in [6.45, 7) is 10.8. The second-order valence-corrected chi connectivity index (χ2v) is 7.66. The third-order valence-corrected chi connectivity index (χ3v) is 5.03. The zero-order chi connectivity index (χ0) is 20.7. The molecule has 0 fully saturated rings. The molecule has 0 aliphatic carbocycles. The molecule has 0 saturated carbocycles. The largest absolute Gasteiger partial charge is 0.310 e. The van der Waals surface area contributed by atoms with Gasteiger partial charge in [-0.1, -0.05) is 19.1 Å². The van der Waals surface area contributed by atoms with Crippen molar-refractivity contribution in [3.8, 4) is 0 Å². The first kappa shape index (κ1) is 19.1. The number of aromatic nitrogens is 5. The number of nitrogens with zero attached hydrogens (tertiary/aromatic N) is 5. The van der Waals surface area contributed by atoms with Crippen molar-refractivity contribution in [2.75, 3.05) is 5.32 Å². The summed E-state index contributed by atoms with van der Waals surface area (Å²) in [4.78, 5) is 22.6. The van der Waals surface area contributed by atoms with Gasteiger partial charge in [0.05, 0.1) is 27.7 Å². The predicted octanol–water partition coefficient (Wildman–Crippen LogP) is 4.64. The fourth-order valence-corrected chi connectivity index (χ4v) is 3.77. The van der Waals surface area contributed by atoms with Gasteiger partial charge in [-0.3, -0.25) is 10.1 Å². The van der Waals surface area contributed by atoms with Crippen molar-refractivity contribution >= 4 is 33.9 Å². The fraction of sp³-hybridized carbons (Fsp3) is 0.364. The van der Waals surface area contributed by atoms with Crippen LogP contribution in [0.3, 0.4) is 0 Å². The topological polar surface area (TPSA) is 77.6 Å². The summed E-state index contributed by atoms with van der Waals surface area (Å²) in [5.41, 5.74) is 4.79. The molecule has 0 aliphatic heterocycles. The molecule has 1 N–H and O–H groups in total. The summed E-state index contributed by atoms with van der Waals surface area (Å²) in [6.07, 6.45) is 0.947. The van der Waals surface area contributed by atoms with Gasteiger partial charge < -0.3 is 4.57 Å². The maximum Gasteiger partial charge on any atom is 0.258 e. The van der Waals surface area contributed by atoms with Crippen molar-refractivity contribution in [3.05, 3.63) is 47.3 Å². The molecule has 0 bridgehead atoms. The smallest absolute Gasteiger partial charge is 0.258 e. The van der Waals surface area contributed by atoms with Gasteiger partial charge in [0.15, 0.2) is 5.65 Å². The van der Waals surface area contributed by atoms with Crippen LogP contribution in [0.2, 0.25) is 0 Å². The van der Waals surface area contributed by atoms with E-state index in [1.807, 2.05) is 48.9 Å². The molecule has 0 aliphatic rings. The Bertz CT molecular complexity index is 1220. The lowest BCUT2D eigenvalue weighted by molar-refractivity contribution is 0.102. The van der Waals surface area contributed by atoms with Crippen molar-refractivity contribution < 1.29 is 4.79 Å². The minimum atomic E-state index is -0.195. The van der Waals surface area contributed by atoms with Crippen LogP contribution in [0.4, 0.5) is 5.95 Å². The zero-order valence-corrected chi connectivity index (χ0v) is 17.5. The van der Waals surface area contributed by atoms with Crippen LogP contribution in [0.1, 0.15) is 55.0 Å². The average Bonchev–Trinajstić information content (AvgIpc) is 3.19. The van der Waals surface area contributed by atoms with Crippen LogP contribution in [0.15, 0.2) is 30.3 Å². The van der Waals surface area contributed by atoms with E-state index in [1.54, 1.807) is 0 Å². The van der Waals surface area contributed by atoms with Crippen LogP contribution in [0.25, 0.3) is 22.1 Å². The van der Waals surface area contributed by atoms with Gasteiger partial charge >= 0.3 is 0 Å². The van der Waals surface area contributed by atoms with E-state index in [0.29, 0.717) is 11.5 Å². The molecule has 0 unspecified atom stereocenters. The summed E-state index contributed by atoms with van der Waals surface area (Å²) in [5.74, 6) is 0.370. The van der Waals surface area contributed by atoms with Gasteiger partial charge in [-0.2, -0.15) is 5.10 Å². The highest BCUT2D eigenvalue weighted by Crippen LogP contribution is 2.26. The zero-order valence-electron chi connectivity index (χ0n) is 17.5. The lowest BCUT2D eigenvalue weighted by Crippen LogP contribution is -2.17. The maximum atomic E-state index is 13.3. The summed E-state index contributed by atoms with van der Waals surface area (Å²) in [7, 11) is 0. The van der Waals surface area contributed by atoms with E-state index in [9.17, 15) is 4.79 Å². The number of nitrogens with one attached hydrogen (secondary N) is 1. The number of amides is 1. The number of hydrogen-bond acceptors (Lipinski definition) is 4. The van der Waals surface area contributed by atoms with Crippen molar-refractivity contribution in [1.82, 2.24) is 24.3 Å². The lowest BCUT2D eigenvalue weighted by Gasteiger charge is -2.11. The summed E-state index contributed by atoms with van der Waals surface area (Å²) in [6, 6.07) is 9.91. The fourth-order valence-electron chi connectivity index (χ4n) is 3.77. The number of fused-ring (bicyclic) bond motifs is 2. The first-order valence-corrected chi connectivity index (χ1v) is 10.0. The van der Waals surface area contributed by atoms with Crippen molar-refractivity contribution in [3.63, 3.8) is 0 Å². The molecule has 3 heterocycles. The van der Waals surface area contributed by atoms with Crippen LogP contribution in [-0.2, 0) is 6.54 Å². The predicted molar refractivity (Wildman–Crippen MR) is 115 cm³/mol. The third-order valence-electron chi connectivity index (χ3n) is 5.03. The van der Waals surface area contributed by atoms with Gasteiger partial charge in [-0.25, -0.2) is 14.6 Å². The lowest BCUT2D eigenvalue weighted by atomic mass is 10.1. The Labute approximate surface area is 169 Å². The first-order valence-electron chi connectivity index (χ1n) is 10.0. The van der Waals surface area contributed by atoms with E-state index in [2.05, 4.69) is 45.7 Å². The van der Waals surface area contributed by atoms with E-state index >= 15 is 0 Å². The molecule has 7 heteroatoms. The normalized spacial score (nSPS) is 11.7. The van der Waals surface area contributed by atoms with Gasteiger partial charge in [0.2, 0.25) is 5.95 Å². The number of imidazole rings is 1. The highest BCUT2D eigenvalue weighted by atomic mass is 16.1. The molecule has 0 saturated heterocycles. The molecular weight excluding hydrogens is 364 g/mol. The molecular formula is C22H26N6O. The van der Waals surface area contributed by atoms with E-state index in [1.165, 1.54) is 0 Å². The van der Waals surface area contributed by atoms with Crippen molar-refractivity contribution in [1.29, 1.82) is 0 Å². The van der Waals surface area contributed by atoms with E-state index in [-0.39, 0.29) is 11.9 Å². The highest BCUT2D eigenvalue weighted by Gasteiger charge is 2.21. The minimum absolute atomic E-state index is 0.158. The molecule has 4 rings (SSSR count). The van der Waals surface area contributed by atoms with Crippen LogP contribution in [-0.4, -0.2) is 30.2 Å². The van der Waals surface area contributed by atoms with Crippen LogP contribution < -0.4 is 5.32 Å². The van der Waals surface area contributed by atoms with E-state index in [4.69, 9.17) is 0 Å². The van der Waals surface area contributed by atoms with Crippen molar-refractivity contribution in [2.45, 2.75) is 53.6 Å². The molecule has 7 nitrogen and oxygen atoms in total. The minimum Gasteiger partial charge on any atom is -0.310 e. The number of para-hydroxylation sites is 2. The number of hydrogen-bond donors (Lipinski definition) is 1. The molecule has 150 valence electrons. The van der Waals surface area contributed by atoms with E-state index in [0.717, 1.165) is 46.4 Å². The standard InChI is InChI=1S/C22H26N6O/c1-6-11-27-18-10-8-7-9-17(18)24-22(27)25-21(29)16-12-14(4)23-20-19(16)15(5)26-28(20)13(2)3/h7-10,12-13H,6,11H2,1-5H3,(H,24,25,29). The Morgan fingerprint density at radius 3 is 2.66 bits per heavy atom. The van der Waals surface area contributed by atoms with Crippen molar-refractivity contribution in [2.24, 2.45) is 0 Å². The Morgan fingerprint density at radius 2 is 1.93 bits per heavy atom. The number of pyridine rings is 1. The van der Waals surface area contributed by atoms with Gasteiger partial charge in [-0.15, -0.1) is 0 Å². The first-order chi connectivity index (χ1) is 13.9. The quantitative estimate of drug-likeness (QED) is 0.538. The maximum absolute atomic E-state index is 13.3. The molecule has 29 heavy (non-hydrogen) atoms. The molecule has 0 atom stereocenters. The number of anilines is 1. The molecule has 0 radical (unpaired) electrons.